The van der Waals surface area contributed by atoms with Crippen LogP contribution in [-0.2, 0) is 11.4 Å². The lowest BCUT2D eigenvalue weighted by Gasteiger charge is -2.12. The molecule has 1 saturated heterocycles. The number of halogens is 4. The maximum Gasteiger partial charge on any atom is 0.264 e. The molecule has 1 aliphatic heterocycles. The van der Waals surface area contributed by atoms with Crippen LogP contribution < -0.4 is 10.1 Å². The van der Waals surface area contributed by atoms with Crippen molar-refractivity contribution in [1.82, 2.24) is 5.32 Å². The molecule has 3 aromatic rings. The molecule has 1 N–H and O–H groups in total. The van der Waals surface area contributed by atoms with Crippen molar-refractivity contribution in [2.45, 2.75) is 20.5 Å². The van der Waals surface area contributed by atoms with E-state index in [1.165, 1.54) is 11.8 Å². The van der Waals surface area contributed by atoms with Gasteiger partial charge in [0.25, 0.3) is 5.91 Å². The smallest absolute Gasteiger partial charge is 0.264 e. The number of rotatable bonds is 5. The quantitative estimate of drug-likeness (QED) is 0.274. The maximum absolute atomic E-state index is 12.5. The van der Waals surface area contributed by atoms with Crippen molar-refractivity contribution >= 4 is 94.0 Å². The van der Waals surface area contributed by atoms with Crippen molar-refractivity contribution in [2.24, 2.45) is 4.99 Å². The van der Waals surface area contributed by atoms with E-state index in [1.807, 2.05) is 68.5 Å². The molecular weight excluding hydrogens is 668 g/mol. The number of amidine groups is 1. The number of thioether (sulfide) groups is 1. The van der Waals surface area contributed by atoms with Gasteiger partial charge in [0, 0.05) is 15.1 Å². The molecule has 4 rings (SSSR count). The molecule has 0 spiro atoms. The average molecular weight is 686 g/mol. The van der Waals surface area contributed by atoms with E-state index in [2.05, 4.69) is 58.1 Å². The maximum atomic E-state index is 12.5. The molecule has 4 nitrogen and oxygen atoms in total. The van der Waals surface area contributed by atoms with E-state index >= 15 is 0 Å². The number of aryl methyl sites for hydroxylation is 2. The summed E-state index contributed by atoms with van der Waals surface area (Å²) in [5.74, 6) is 0.481. The second kappa shape index (κ2) is 11.0. The Bertz CT molecular complexity index is 1310. The molecule has 34 heavy (non-hydrogen) atoms. The third kappa shape index (κ3) is 5.97. The van der Waals surface area contributed by atoms with Crippen LogP contribution in [0, 0.1) is 13.8 Å². The number of hydrogen-bond donors (Lipinski definition) is 1. The van der Waals surface area contributed by atoms with Crippen LogP contribution in [0.15, 0.2) is 71.8 Å². The summed E-state index contributed by atoms with van der Waals surface area (Å²) in [6, 6.07) is 15.3. The SMILES string of the molecule is Cc1cc(N=C2NC(=O)/C(=C/c3cc(Br)c(OCc4ccccc4Cl)c(Br)c3)S2)cc(C)c1Br. The first-order valence-electron chi connectivity index (χ1n) is 10.1. The van der Waals surface area contributed by atoms with E-state index in [1.54, 1.807) is 0 Å². The number of carbonyl (C=O) groups is 1. The van der Waals surface area contributed by atoms with Crippen LogP contribution in [0.25, 0.3) is 6.08 Å². The second-order valence-corrected chi connectivity index (χ2v) is 11.5. The van der Waals surface area contributed by atoms with Crippen LogP contribution in [0.5, 0.6) is 5.75 Å². The molecule has 0 unspecified atom stereocenters. The number of carbonyl (C=O) groups excluding carboxylic acids is 1. The predicted molar refractivity (Wildman–Crippen MR) is 152 cm³/mol. The monoisotopic (exact) mass is 682 g/mol. The standard InChI is InChI=1S/C25H18Br3ClN2O2S/c1-13-7-17(8-14(2)22(13)28)30-25-31-24(32)21(34-25)11-15-9-18(26)23(19(27)10-15)33-12-16-5-3-4-6-20(16)29/h3-11H,12H2,1-2H3,(H,30,31,32)/b21-11-. The Morgan fingerprint density at radius 3 is 2.35 bits per heavy atom. The Morgan fingerprint density at radius 2 is 1.71 bits per heavy atom. The average Bonchev–Trinajstić information content (AvgIpc) is 3.11. The van der Waals surface area contributed by atoms with Gasteiger partial charge in [-0.25, -0.2) is 4.99 Å². The van der Waals surface area contributed by atoms with Gasteiger partial charge in [-0.3, -0.25) is 4.79 Å². The number of aliphatic imine (C=N–C) groups is 1. The molecule has 1 amide bonds. The highest BCUT2D eigenvalue weighted by molar-refractivity contribution is 9.11. The van der Waals surface area contributed by atoms with Gasteiger partial charge in [-0.15, -0.1) is 0 Å². The van der Waals surface area contributed by atoms with Crippen LogP contribution in [0.3, 0.4) is 0 Å². The molecule has 1 fully saturated rings. The minimum atomic E-state index is -0.180. The first-order chi connectivity index (χ1) is 16.2. The summed E-state index contributed by atoms with van der Waals surface area (Å²) in [4.78, 5) is 17.7. The molecule has 0 aromatic heterocycles. The molecule has 1 aliphatic rings. The summed E-state index contributed by atoms with van der Waals surface area (Å²) in [5.41, 5.74) is 4.73. The van der Waals surface area contributed by atoms with Crippen LogP contribution in [0.2, 0.25) is 5.02 Å². The summed E-state index contributed by atoms with van der Waals surface area (Å²) in [6.07, 6.45) is 1.83. The van der Waals surface area contributed by atoms with Crippen molar-refractivity contribution < 1.29 is 9.53 Å². The highest BCUT2D eigenvalue weighted by Gasteiger charge is 2.24. The van der Waals surface area contributed by atoms with E-state index in [0.717, 1.165) is 41.4 Å². The Morgan fingerprint density at radius 1 is 1.06 bits per heavy atom. The zero-order chi connectivity index (χ0) is 24.4. The molecule has 0 aliphatic carbocycles. The third-order valence-corrected chi connectivity index (χ3v) is 8.66. The van der Waals surface area contributed by atoms with Gasteiger partial charge in [0.15, 0.2) is 5.17 Å². The zero-order valence-corrected chi connectivity index (χ0v) is 24.4. The lowest BCUT2D eigenvalue weighted by Crippen LogP contribution is -2.19. The lowest BCUT2D eigenvalue weighted by atomic mass is 10.1. The summed E-state index contributed by atoms with van der Waals surface area (Å²) in [7, 11) is 0. The molecule has 0 radical (unpaired) electrons. The number of benzene rings is 3. The Kier molecular flexibility index (Phi) is 8.25. The van der Waals surface area contributed by atoms with Gasteiger partial charge in [-0.2, -0.15) is 0 Å². The van der Waals surface area contributed by atoms with Crippen molar-refractivity contribution in [3.05, 3.63) is 94.1 Å². The fourth-order valence-electron chi connectivity index (χ4n) is 3.30. The first-order valence-corrected chi connectivity index (χ1v) is 13.7. The topological polar surface area (TPSA) is 50.7 Å². The predicted octanol–water partition coefficient (Wildman–Crippen LogP) is 8.71. The summed E-state index contributed by atoms with van der Waals surface area (Å²) in [6.45, 7) is 4.37. The van der Waals surface area contributed by atoms with Gasteiger partial charge < -0.3 is 10.1 Å². The Labute approximate surface area is 232 Å². The second-order valence-electron chi connectivity index (χ2n) is 7.57. The summed E-state index contributed by atoms with van der Waals surface area (Å²) < 4.78 is 8.58. The summed E-state index contributed by atoms with van der Waals surface area (Å²) in [5, 5.41) is 4.05. The van der Waals surface area contributed by atoms with Gasteiger partial charge in [-0.05, 0) is 111 Å². The number of ether oxygens (including phenoxy) is 1. The molecule has 0 saturated carbocycles. The van der Waals surface area contributed by atoms with Crippen LogP contribution in [0.4, 0.5) is 5.69 Å². The number of nitrogens with zero attached hydrogens (tertiary/aromatic N) is 1. The van der Waals surface area contributed by atoms with Crippen LogP contribution in [0.1, 0.15) is 22.3 Å². The van der Waals surface area contributed by atoms with Gasteiger partial charge >= 0.3 is 0 Å². The Balaban J connectivity index is 1.52. The molecule has 0 bridgehead atoms. The van der Waals surface area contributed by atoms with E-state index < -0.39 is 0 Å². The van der Waals surface area contributed by atoms with E-state index in [0.29, 0.717) is 27.5 Å². The molecule has 0 atom stereocenters. The fourth-order valence-corrected chi connectivity index (χ4v) is 6.01. The first kappa shape index (κ1) is 25.5. The lowest BCUT2D eigenvalue weighted by molar-refractivity contribution is -0.115. The molecular formula is C25H18Br3ClN2O2S. The minimum Gasteiger partial charge on any atom is -0.486 e. The highest BCUT2D eigenvalue weighted by Crippen LogP contribution is 2.37. The number of hydrogen-bond acceptors (Lipinski definition) is 4. The highest BCUT2D eigenvalue weighted by atomic mass is 79.9. The van der Waals surface area contributed by atoms with Crippen molar-refractivity contribution in [3.63, 3.8) is 0 Å². The van der Waals surface area contributed by atoms with Crippen LogP contribution in [-0.4, -0.2) is 11.1 Å². The molecule has 9 heteroatoms. The van der Waals surface area contributed by atoms with Gasteiger partial charge in [0.2, 0.25) is 0 Å². The number of amides is 1. The normalized spacial score (nSPS) is 15.8. The number of nitrogens with one attached hydrogen (secondary N) is 1. The Hall–Kier alpha value is -1.58. The van der Waals surface area contributed by atoms with Gasteiger partial charge in [0.1, 0.15) is 12.4 Å². The minimum absolute atomic E-state index is 0.180. The van der Waals surface area contributed by atoms with Crippen molar-refractivity contribution in [1.29, 1.82) is 0 Å². The molecule has 174 valence electrons. The summed E-state index contributed by atoms with van der Waals surface area (Å²) >= 11 is 18.3. The van der Waals surface area contributed by atoms with Crippen molar-refractivity contribution in [3.8, 4) is 5.75 Å². The largest absolute Gasteiger partial charge is 0.486 e. The van der Waals surface area contributed by atoms with E-state index in [-0.39, 0.29) is 5.91 Å². The third-order valence-electron chi connectivity index (χ3n) is 4.95. The fraction of sp³-hybridized carbons (Fsp3) is 0.120. The van der Waals surface area contributed by atoms with Gasteiger partial charge in [0.05, 0.1) is 19.5 Å². The molecule has 1 heterocycles. The van der Waals surface area contributed by atoms with E-state index in [4.69, 9.17) is 16.3 Å². The van der Waals surface area contributed by atoms with E-state index in [9.17, 15) is 4.79 Å². The van der Waals surface area contributed by atoms with Crippen LogP contribution >= 0.6 is 71.2 Å². The zero-order valence-electron chi connectivity index (χ0n) is 18.1. The van der Waals surface area contributed by atoms with Crippen molar-refractivity contribution in [2.75, 3.05) is 0 Å². The molecule has 3 aromatic carbocycles. The van der Waals surface area contributed by atoms with Gasteiger partial charge in [-0.1, -0.05) is 45.7 Å².